The van der Waals surface area contributed by atoms with Crippen molar-refractivity contribution in [2.45, 2.75) is 6.92 Å². The first kappa shape index (κ1) is 15.2. The Kier molecular flexibility index (Phi) is 4.72. The number of amides is 1. The van der Waals surface area contributed by atoms with Crippen molar-refractivity contribution in [1.29, 1.82) is 0 Å². The highest BCUT2D eigenvalue weighted by Gasteiger charge is 2.24. The zero-order chi connectivity index (χ0) is 15.4. The van der Waals surface area contributed by atoms with Gasteiger partial charge in [-0.25, -0.2) is 9.18 Å². The van der Waals surface area contributed by atoms with Crippen LogP contribution in [0, 0.1) is 5.82 Å². The Hall–Kier alpha value is -2.18. The lowest BCUT2D eigenvalue weighted by atomic mass is 10.2. The molecule has 1 amide bonds. The largest absolute Gasteiger partial charge is 0.495 e. The van der Waals surface area contributed by atoms with Crippen LogP contribution in [0.5, 0.6) is 5.75 Å². The average Bonchev–Trinajstić information content (AvgIpc) is 2.48. The second-order valence-corrected chi connectivity index (χ2v) is 4.72. The Balaban J connectivity index is 2.07. The lowest BCUT2D eigenvalue weighted by Crippen LogP contribution is -2.49. The molecular weight excluding hydrogens is 277 g/mol. The van der Waals surface area contributed by atoms with Crippen LogP contribution in [0.25, 0.3) is 0 Å². The summed E-state index contributed by atoms with van der Waals surface area (Å²) in [5.41, 5.74) is 6.37. The Labute approximate surface area is 123 Å². The van der Waals surface area contributed by atoms with Crippen molar-refractivity contribution >= 4 is 17.5 Å². The van der Waals surface area contributed by atoms with E-state index in [9.17, 15) is 9.18 Å². The van der Waals surface area contributed by atoms with Crippen LogP contribution in [-0.2, 0) is 4.74 Å². The van der Waals surface area contributed by atoms with E-state index in [1.807, 2.05) is 4.90 Å². The second kappa shape index (κ2) is 6.51. The lowest BCUT2D eigenvalue weighted by molar-refractivity contribution is 0.105. The van der Waals surface area contributed by atoms with Gasteiger partial charge in [0.1, 0.15) is 11.6 Å². The molecule has 6 nitrogen and oxygen atoms in total. The Bertz CT molecular complexity index is 516. The van der Waals surface area contributed by atoms with Gasteiger partial charge in [0.15, 0.2) is 0 Å². The Morgan fingerprint density at radius 2 is 2.00 bits per heavy atom. The number of piperazine rings is 1. The standard InChI is InChI=1S/C14H20FN3O3/c1-3-21-14(19)18-6-4-17(5-7-18)12-9-13(20-2)11(16)8-10(12)15/h8-9H,3-7,16H2,1-2H3. The molecule has 1 aliphatic heterocycles. The third-order valence-electron chi connectivity index (χ3n) is 3.45. The number of hydrogen-bond acceptors (Lipinski definition) is 5. The van der Waals surface area contributed by atoms with Gasteiger partial charge in [-0.05, 0) is 6.92 Å². The molecule has 0 aromatic heterocycles. The number of benzene rings is 1. The van der Waals surface area contributed by atoms with E-state index in [1.165, 1.54) is 13.2 Å². The SMILES string of the molecule is CCOC(=O)N1CCN(c2cc(OC)c(N)cc2F)CC1. The van der Waals surface area contributed by atoms with Crippen LogP contribution < -0.4 is 15.4 Å². The number of carbonyl (C=O) groups is 1. The van der Waals surface area contributed by atoms with Crippen LogP contribution >= 0.6 is 0 Å². The maximum Gasteiger partial charge on any atom is 0.409 e. The second-order valence-electron chi connectivity index (χ2n) is 4.72. The zero-order valence-electron chi connectivity index (χ0n) is 12.3. The smallest absolute Gasteiger partial charge is 0.409 e. The van der Waals surface area contributed by atoms with E-state index in [0.717, 1.165) is 0 Å². The van der Waals surface area contributed by atoms with Crippen molar-refractivity contribution in [1.82, 2.24) is 4.90 Å². The number of rotatable bonds is 3. The molecule has 0 bridgehead atoms. The van der Waals surface area contributed by atoms with Crippen molar-refractivity contribution in [3.8, 4) is 5.75 Å². The fraction of sp³-hybridized carbons (Fsp3) is 0.500. The number of hydrogen-bond donors (Lipinski definition) is 1. The summed E-state index contributed by atoms with van der Waals surface area (Å²) < 4.78 is 24.1. The molecule has 0 unspecified atom stereocenters. The van der Waals surface area contributed by atoms with Gasteiger partial charge in [0.2, 0.25) is 0 Å². The van der Waals surface area contributed by atoms with Gasteiger partial charge in [-0.1, -0.05) is 0 Å². The van der Waals surface area contributed by atoms with E-state index < -0.39 is 5.82 Å². The third-order valence-corrected chi connectivity index (χ3v) is 3.45. The first-order valence-electron chi connectivity index (χ1n) is 6.86. The normalized spacial score (nSPS) is 15.0. The molecule has 7 heteroatoms. The third kappa shape index (κ3) is 3.29. The first-order valence-corrected chi connectivity index (χ1v) is 6.86. The van der Waals surface area contributed by atoms with Crippen LogP contribution in [0.4, 0.5) is 20.6 Å². The summed E-state index contributed by atoms with van der Waals surface area (Å²) in [5.74, 6) is 0.0529. The van der Waals surface area contributed by atoms with Gasteiger partial charge < -0.3 is 25.0 Å². The molecule has 1 fully saturated rings. The topological polar surface area (TPSA) is 68.0 Å². The van der Waals surface area contributed by atoms with Crippen molar-refractivity contribution in [2.75, 3.05) is 50.5 Å². The monoisotopic (exact) mass is 297 g/mol. The minimum Gasteiger partial charge on any atom is -0.495 e. The number of ether oxygens (including phenoxy) is 2. The van der Waals surface area contributed by atoms with Gasteiger partial charge in [-0.2, -0.15) is 0 Å². The number of carbonyl (C=O) groups excluding carboxylic acids is 1. The van der Waals surface area contributed by atoms with Crippen molar-refractivity contribution < 1.29 is 18.7 Å². The van der Waals surface area contributed by atoms with E-state index in [1.54, 1.807) is 17.9 Å². The molecule has 2 rings (SSSR count). The molecule has 0 radical (unpaired) electrons. The predicted molar refractivity (Wildman–Crippen MR) is 78.2 cm³/mol. The van der Waals surface area contributed by atoms with E-state index in [-0.39, 0.29) is 11.8 Å². The van der Waals surface area contributed by atoms with Gasteiger partial charge >= 0.3 is 6.09 Å². The maximum absolute atomic E-state index is 14.0. The highest BCUT2D eigenvalue weighted by molar-refractivity contribution is 5.68. The Morgan fingerprint density at radius 1 is 1.33 bits per heavy atom. The summed E-state index contributed by atoms with van der Waals surface area (Å²) >= 11 is 0. The summed E-state index contributed by atoms with van der Waals surface area (Å²) in [4.78, 5) is 15.1. The molecule has 1 heterocycles. The summed E-state index contributed by atoms with van der Waals surface area (Å²) in [6.07, 6.45) is -0.326. The van der Waals surface area contributed by atoms with E-state index >= 15 is 0 Å². The molecule has 2 N–H and O–H groups in total. The summed E-state index contributed by atoms with van der Waals surface area (Å²) in [6.45, 7) is 4.16. The molecule has 1 aromatic rings. The highest BCUT2D eigenvalue weighted by Crippen LogP contribution is 2.31. The van der Waals surface area contributed by atoms with E-state index in [0.29, 0.717) is 44.2 Å². The van der Waals surface area contributed by atoms with Crippen molar-refractivity contribution in [3.05, 3.63) is 17.9 Å². The van der Waals surface area contributed by atoms with Gasteiger partial charge in [-0.15, -0.1) is 0 Å². The lowest BCUT2D eigenvalue weighted by Gasteiger charge is -2.35. The fourth-order valence-corrected chi connectivity index (χ4v) is 2.32. The number of nitrogens with zero attached hydrogens (tertiary/aromatic N) is 2. The minimum atomic E-state index is -0.391. The van der Waals surface area contributed by atoms with Crippen molar-refractivity contribution in [3.63, 3.8) is 0 Å². The molecule has 1 aliphatic rings. The average molecular weight is 297 g/mol. The van der Waals surface area contributed by atoms with Crippen LogP contribution in [-0.4, -0.2) is 50.9 Å². The van der Waals surface area contributed by atoms with Crippen LogP contribution in [0.1, 0.15) is 6.92 Å². The van der Waals surface area contributed by atoms with Crippen LogP contribution in [0.15, 0.2) is 12.1 Å². The molecule has 0 atom stereocenters. The number of nitrogen functional groups attached to an aromatic ring is 1. The summed E-state index contributed by atoms with van der Waals surface area (Å²) in [7, 11) is 1.49. The first-order chi connectivity index (χ1) is 10.1. The van der Waals surface area contributed by atoms with Gasteiger partial charge in [0, 0.05) is 38.3 Å². The minimum absolute atomic E-state index is 0.268. The van der Waals surface area contributed by atoms with E-state index in [2.05, 4.69) is 0 Å². The van der Waals surface area contributed by atoms with Gasteiger partial charge in [0.05, 0.1) is 25.1 Å². The van der Waals surface area contributed by atoms with Gasteiger partial charge in [-0.3, -0.25) is 0 Å². The summed E-state index contributed by atoms with van der Waals surface area (Å²) in [6, 6.07) is 2.84. The molecule has 1 aromatic carbocycles. The van der Waals surface area contributed by atoms with Crippen LogP contribution in [0.2, 0.25) is 0 Å². The number of halogens is 1. The maximum atomic E-state index is 14.0. The predicted octanol–water partition coefficient (Wildman–Crippen LogP) is 1.69. The molecule has 0 saturated carbocycles. The summed E-state index contributed by atoms with van der Waals surface area (Å²) in [5, 5.41) is 0. The number of anilines is 2. The fourth-order valence-electron chi connectivity index (χ4n) is 2.32. The van der Waals surface area contributed by atoms with Crippen molar-refractivity contribution in [2.24, 2.45) is 0 Å². The molecular formula is C14H20FN3O3. The zero-order valence-corrected chi connectivity index (χ0v) is 12.3. The molecule has 0 aliphatic carbocycles. The number of nitrogens with two attached hydrogens (primary N) is 1. The molecule has 116 valence electrons. The molecule has 21 heavy (non-hydrogen) atoms. The molecule has 1 saturated heterocycles. The highest BCUT2D eigenvalue weighted by atomic mass is 19.1. The van der Waals surface area contributed by atoms with Crippen LogP contribution in [0.3, 0.4) is 0 Å². The van der Waals surface area contributed by atoms with Gasteiger partial charge in [0.25, 0.3) is 0 Å². The quantitative estimate of drug-likeness (QED) is 0.860. The molecule has 0 spiro atoms. The Morgan fingerprint density at radius 3 is 2.57 bits per heavy atom. The number of methoxy groups -OCH3 is 1. The van der Waals surface area contributed by atoms with E-state index in [4.69, 9.17) is 15.2 Å².